The number of rotatable bonds is 8. The van der Waals surface area contributed by atoms with E-state index in [9.17, 15) is 4.79 Å². The molecule has 0 aliphatic carbocycles. The van der Waals surface area contributed by atoms with Crippen LogP contribution in [0.15, 0.2) is 59.6 Å². The Morgan fingerprint density at radius 2 is 1.68 bits per heavy atom. The minimum Gasteiger partial charge on any atom is -0.379 e. The number of hydrogen-bond donors (Lipinski definition) is 3. The zero-order chi connectivity index (χ0) is 21.0. The SMILES string of the molecule is CCNC(=NCc1ccccc1CN1CCOCC1)NCC(=O)Nc1ccccc1.I. The van der Waals surface area contributed by atoms with Gasteiger partial charge in [-0.3, -0.25) is 9.69 Å². The number of halogens is 1. The maximum Gasteiger partial charge on any atom is 0.243 e. The number of anilines is 1. The number of carbonyl (C=O) groups excluding carboxylic acids is 1. The Morgan fingerprint density at radius 1 is 1.00 bits per heavy atom. The van der Waals surface area contributed by atoms with Crippen molar-refractivity contribution in [1.29, 1.82) is 0 Å². The second-order valence-electron chi connectivity index (χ2n) is 7.12. The monoisotopic (exact) mass is 537 g/mol. The van der Waals surface area contributed by atoms with Crippen LogP contribution in [0.5, 0.6) is 0 Å². The smallest absolute Gasteiger partial charge is 0.243 e. The number of benzene rings is 2. The first-order valence-electron chi connectivity index (χ1n) is 10.5. The Kier molecular flexibility index (Phi) is 11.3. The summed E-state index contributed by atoms with van der Waals surface area (Å²) in [6.45, 7) is 7.83. The van der Waals surface area contributed by atoms with Gasteiger partial charge in [-0.2, -0.15) is 0 Å². The number of nitrogens with zero attached hydrogens (tertiary/aromatic N) is 2. The highest BCUT2D eigenvalue weighted by atomic mass is 127. The molecule has 3 N–H and O–H groups in total. The van der Waals surface area contributed by atoms with E-state index in [4.69, 9.17) is 4.74 Å². The molecule has 0 unspecified atom stereocenters. The number of hydrogen-bond acceptors (Lipinski definition) is 4. The van der Waals surface area contributed by atoms with Crippen molar-refractivity contribution in [2.75, 3.05) is 44.7 Å². The number of amides is 1. The lowest BCUT2D eigenvalue weighted by Gasteiger charge is -2.27. The van der Waals surface area contributed by atoms with Gasteiger partial charge in [0.25, 0.3) is 0 Å². The molecule has 1 amide bonds. The molecule has 0 aromatic heterocycles. The van der Waals surface area contributed by atoms with Crippen molar-refractivity contribution in [1.82, 2.24) is 15.5 Å². The van der Waals surface area contributed by atoms with Crippen LogP contribution in [0.3, 0.4) is 0 Å². The van der Waals surface area contributed by atoms with E-state index in [1.54, 1.807) is 0 Å². The van der Waals surface area contributed by atoms with Gasteiger partial charge in [-0.15, -0.1) is 24.0 Å². The summed E-state index contributed by atoms with van der Waals surface area (Å²) in [6.07, 6.45) is 0. The molecule has 0 bridgehead atoms. The third kappa shape index (κ3) is 8.84. The van der Waals surface area contributed by atoms with Crippen molar-refractivity contribution in [2.24, 2.45) is 4.99 Å². The summed E-state index contributed by atoms with van der Waals surface area (Å²) in [5.74, 6) is 0.515. The van der Waals surface area contributed by atoms with Gasteiger partial charge in [-0.1, -0.05) is 42.5 Å². The van der Waals surface area contributed by atoms with Gasteiger partial charge in [-0.25, -0.2) is 4.99 Å². The van der Waals surface area contributed by atoms with Gasteiger partial charge in [0, 0.05) is 31.9 Å². The summed E-state index contributed by atoms with van der Waals surface area (Å²) in [5, 5.41) is 9.18. The molecular formula is C23H32IN5O2. The maximum atomic E-state index is 12.2. The number of aliphatic imine (C=N–C) groups is 1. The Hall–Kier alpha value is -2.17. The standard InChI is InChI=1S/C23H31N5O2.HI/c1-2-24-23(26-17-22(29)27-21-10-4-3-5-11-21)25-16-19-8-6-7-9-20(19)18-28-12-14-30-15-13-28;/h3-11H,2,12-18H2,1H3,(H,27,29)(H2,24,25,26);1H. The molecule has 1 saturated heterocycles. The van der Waals surface area contributed by atoms with Gasteiger partial charge in [0.2, 0.25) is 5.91 Å². The van der Waals surface area contributed by atoms with Gasteiger partial charge in [0.1, 0.15) is 0 Å². The van der Waals surface area contributed by atoms with Crippen LogP contribution in [-0.2, 0) is 22.6 Å². The second-order valence-corrected chi connectivity index (χ2v) is 7.12. The van der Waals surface area contributed by atoms with Crippen molar-refractivity contribution in [3.05, 3.63) is 65.7 Å². The minimum atomic E-state index is -0.112. The number of para-hydroxylation sites is 1. The number of guanidine groups is 1. The summed E-state index contributed by atoms with van der Waals surface area (Å²) in [4.78, 5) is 19.3. The van der Waals surface area contributed by atoms with Crippen LogP contribution in [0, 0.1) is 0 Å². The average Bonchev–Trinajstić information content (AvgIpc) is 2.78. The van der Waals surface area contributed by atoms with E-state index >= 15 is 0 Å². The predicted molar refractivity (Wildman–Crippen MR) is 136 cm³/mol. The van der Waals surface area contributed by atoms with Crippen molar-refractivity contribution >= 4 is 41.5 Å². The van der Waals surface area contributed by atoms with Crippen LogP contribution in [0.1, 0.15) is 18.1 Å². The lowest BCUT2D eigenvalue weighted by molar-refractivity contribution is -0.115. The van der Waals surface area contributed by atoms with Crippen LogP contribution in [0.2, 0.25) is 0 Å². The highest BCUT2D eigenvalue weighted by Gasteiger charge is 2.12. The molecule has 3 rings (SSSR count). The fraction of sp³-hybridized carbons (Fsp3) is 0.391. The van der Waals surface area contributed by atoms with Crippen molar-refractivity contribution in [2.45, 2.75) is 20.0 Å². The molecule has 2 aromatic carbocycles. The summed E-state index contributed by atoms with van der Waals surface area (Å²) in [5.41, 5.74) is 3.25. The maximum absolute atomic E-state index is 12.2. The van der Waals surface area contributed by atoms with Gasteiger partial charge >= 0.3 is 0 Å². The highest BCUT2D eigenvalue weighted by molar-refractivity contribution is 14.0. The number of morpholine rings is 1. The quantitative estimate of drug-likeness (QED) is 0.274. The Labute approximate surface area is 201 Å². The minimum absolute atomic E-state index is 0. The van der Waals surface area contributed by atoms with E-state index in [2.05, 4.69) is 44.0 Å². The first-order valence-corrected chi connectivity index (χ1v) is 10.5. The Bertz CT molecular complexity index is 826. The van der Waals surface area contributed by atoms with Gasteiger partial charge in [0.05, 0.1) is 26.3 Å². The first-order chi connectivity index (χ1) is 14.7. The Balaban J connectivity index is 0.00000341. The van der Waals surface area contributed by atoms with Crippen molar-refractivity contribution in [3.63, 3.8) is 0 Å². The van der Waals surface area contributed by atoms with Gasteiger partial charge in [0.15, 0.2) is 5.96 Å². The van der Waals surface area contributed by atoms with Crippen LogP contribution in [-0.4, -0.2) is 56.2 Å². The summed E-state index contributed by atoms with van der Waals surface area (Å²) < 4.78 is 5.44. The van der Waals surface area contributed by atoms with E-state index in [1.807, 2.05) is 43.3 Å². The summed E-state index contributed by atoms with van der Waals surface area (Å²) in [7, 11) is 0. The lowest BCUT2D eigenvalue weighted by atomic mass is 10.1. The molecule has 0 atom stereocenters. The van der Waals surface area contributed by atoms with Crippen LogP contribution >= 0.6 is 24.0 Å². The van der Waals surface area contributed by atoms with E-state index in [1.165, 1.54) is 11.1 Å². The number of nitrogens with one attached hydrogen (secondary N) is 3. The molecule has 1 aliphatic heterocycles. The topological polar surface area (TPSA) is 78.0 Å². The zero-order valence-electron chi connectivity index (χ0n) is 18.0. The summed E-state index contributed by atoms with van der Waals surface area (Å²) >= 11 is 0. The zero-order valence-corrected chi connectivity index (χ0v) is 20.3. The van der Waals surface area contributed by atoms with Crippen molar-refractivity contribution in [3.8, 4) is 0 Å². The molecule has 31 heavy (non-hydrogen) atoms. The van der Waals surface area contributed by atoms with Crippen LogP contribution in [0.25, 0.3) is 0 Å². The number of ether oxygens (including phenoxy) is 1. The fourth-order valence-electron chi connectivity index (χ4n) is 3.26. The Morgan fingerprint density at radius 3 is 2.39 bits per heavy atom. The molecule has 1 aliphatic rings. The molecule has 2 aromatic rings. The molecule has 0 saturated carbocycles. The second kappa shape index (κ2) is 14.0. The molecule has 168 valence electrons. The van der Waals surface area contributed by atoms with Crippen molar-refractivity contribution < 1.29 is 9.53 Å². The first kappa shape index (κ1) is 25.1. The van der Waals surface area contributed by atoms with Gasteiger partial charge in [-0.05, 0) is 30.2 Å². The molecule has 0 spiro atoms. The third-order valence-corrected chi connectivity index (χ3v) is 4.84. The largest absolute Gasteiger partial charge is 0.379 e. The lowest BCUT2D eigenvalue weighted by Crippen LogP contribution is -2.41. The molecule has 8 heteroatoms. The number of carbonyl (C=O) groups is 1. The molecule has 1 heterocycles. The molecule has 1 fully saturated rings. The van der Waals surface area contributed by atoms with Crippen LogP contribution in [0.4, 0.5) is 5.69 Å². The third-order valence-electron chi connectivity index (χ3n) is 4.84. The van der Waals surface area contributed by atoms with E-state index in [0.29, 0.717) is 12.5 Å². The molecule has 7 nitrogen and oxygen atoms in total. The van der Waals surface area contributed by atoms with E-state index in [-0.39, 0.29) is 36.4 Å². The summed E-state index contributed by atoms with van der Waals surface area (Å²) in [6, 6.07) is 17.8. The fourth-order valence-corrected chi connectivity index (χ4v) is 3.26. The predicted octanol–water partition coefficient (Wildman–Crippen LogP) is 2.83. The van der Waals surface area contributed by atoms with E-state index < -0.39 is 0 Å². The van der Waals surface area contributed by atoms with Crippen LogP contribution < -0.4 is 16.0 Å². The van der Waals surface area contributed by atoms with E-state index in [0.717, 1.165) is 45.1 Å². The molecule has 0 radical (unpaired) electrons. The van der Waals surface area contributed by atoms with Gasteiger partial charge < -0.3 is 20.7 Å². The average molecular weight is 537 g/mol. The molecular weight excluding hydrogens is 505 g/mol. The highest BCUT2D eigenvalue weighted by Crippen LogP contribution is 2.14. The normalized spacial score (nSPS) is 14.4.